The van der Waals surface area contributed by atoms with E-state index >= 15 is 0 Å². The Bertz CT molecular complexity index is 1110. The summed E-state index contributed by atoms with van der Waals surface area (Å²) in [5.74, 6) is 2.80. The van der Waals surface area contributed by atoms with Crippen LogP contribution >= 0.6 is 35.0 Å². The molecular formula is C19H15Cl2N5O2S. The number of hydrogen-bond acceptors (Lipinski definition) is 7. The van der Waals surface area contributed by atoms with Crippen molar-refractivity contribution >= 4 is 35.0 Å². The van der Waals surface area contributed by atoms with Crippen LogP contribution in [0.25, 0.3) is 11.5 Å². The van der Waals surface area contributed by atoms with Crippen LogP contribution in [0.5, 0.6) is 5.75 Å². The van der Waals surface area contributed by atoms with Crippen molar-refractivity contribution in [3.63, 3.8) is 0 Å². The molecule has 10 heteroatoms. The SMILES string of the molecule is Cn1c(COc2ccccc2Cl)nnc1SCc1noc(-c2ccc(Cl)cc2)n1. The molecular weight excluding hydrogens is 433 g/mol. The largest absolute Gasteiger partial charge is 0.484 e. The van der Waals surface area contributed by atoms with Gasteiger partial charge in [0.05, 0.1) is 10.8 Å². The first-order valence-electron chi connectivity index (χ1n) is 8.57. The van der Waals surface area contributed by atoms with Crippen molar-refractivity contribution in [1.29, 1.82) is 0 Å². The predicted octanol–water partition coefficient (Wildman–Crippen LogP) is 5.04. The first-order valence-corrected chi connectivity index (χ1v) is 10.3. The fourth-order valence-corrected chi connectivity index (χ4v) is 3.54. The van der Waals surface area contributed by atoms with Crippen molar-refractivity contribution in [2.24, 2.45) is 7.05 Å². The summed E-state index contributed by atoms with van der Waals surface area (Å²) in [6.07, 6.45) is 0. The summed E-state index contributed by atoms with van der Waals surface area (Å²) in [5, 5.41) is 14.3. The Balaban J connectivity index is 1.37. The van der Waals surface area contributed by atoms with E-state index in [1.807, 2.05) is 41.9 Å². The quantitative estimate of drug-likeness (QED) is 0.367. The molecule has 2 aromatic heterocycles. The summed E-state index contributed by atoms with van der Waals surface area (Å²) >= 11 is 13.5. The lowest BCUT2D eigenvalue weighted by Crippen LogP contribution is -2.04. The molecule has 4 rings (SSSR count). The molecule has 0 aliphatic rings. The van der Waals surface area contributed by atoms with Crippen LogP contribution in [-0.2, 0) is 19.4 Å². The summed E-state index contributed by atoms with van der Waals surface area (Å²) in [5.41, 5.74) is 0.816. The standard InChI is InChI=1S/C19H15Cl2N5O2S/c1-26-17(10-27-15-5-3-2-4-14(15)21)23-24-19(26)29-11-16-22-18(28-25-16)12-6-8-13(20)9-7-12/h2-9H,10-11H2,1H3. The highest BCUT2D eigenvalue weighted by Crippen LogP contribution is 2.26. The number of aromatic nitrogens is 5. The monoisotopic (exact) mass is 447 g/mol. The van der Waals surface area contributed by atoms with Crippen molar-refractivity contribution in [1.82, 2.24) is 24.9 Å². The minimum absolute atomic E-state index is 0.261. The van der Waals surface area contributed by atoms with Crippen LogP contribution in [0.15, 0.2) is 58.2 Å². The zero-order valence-corrected chi connectivity index (χ0v) is 17.6. The first kappa shape index (κ1) is 19.8. The lowest BCUT2D eigenvalue weighted by Gasteiger charge is -2.07. The fraction of sp³-hybridized carbons (Fsp3) is 0.158. The van der Waals surface area contributed by atoms with Crippen LogP contribution in [-0.4, -0.2) is 24.9 Å². The predicted molar refractivity (Wildman–Crippen MR) is 111 cm³/mol. The van der Waals surface area contributed by atoms with E-state index in [1.54, 1.807) is 18.2 Å². The van der Waals surface area contributed by atoms with Crippen LogP contribution in [0.3, 0.4) is 0 Å². The topological polar surface area (TPSA) is 78.9 Å². The molecule has 0 spiro atoms. The van der Waals surface area contributed by atoms with Crippen LogP contribution in [0.4, 0.5) is 0 Å². The van der Waals surface area contributed by atoms with Gasteiger partial charge in [-0.15, -0.1) is 10.2 Å². The number of para-hydroxylation sites is 1. The molecule has 7 nitrogen and oxygen atoms in total. The fourth-order valence-electron chi connectivity index (χ4n) is 2.45. The molecule has 2 heterocycles. The molecule has 29 heavy (non-hydrogen) atoms. The van der Waals surface area contributed by atoms with E-state index in [4.69, 9.17) is 32.5 Å². The lowest BCUT2D eigenvalue weighted by atomic mass is 10.2. The zero-order valence-electron chi connectivity index (χ0n) is 15.2. The van der Waals surface area contributed by atoms with Crippen molar-refractivity contribution in [2.45, 2.75) is 17.5 Å². The van der Waals surface area contributed by atoms with Gasteiger partial charge in [0, 0.05) is 17.6 Å². The van der Waals surface area contributed by atoms with Crippen molar-refractivity contribution in [3.8, 4) is 17.2 Å². The molecule has 0 bridgehead atoms. The van der Waals surface area contributed by atoms with Crippen molar-refractivity contribution in [2.75, 3.05) is 0 Å². The van der Waals surface area contributed by atoms with Gasteiger partial charge in [-0.1, -0.05) is 52.3 Å². The molecule has 2 aromatic carbocycles. The Kier molecular flexibility index (Phi) is 6.03. The summed E-state index contributed by atoms with van der Waals surface area (Å²) in [6.45, 7) is 0.261. The van der Waals surface area contributed by atoms with Gasteiger partial charge in [0.25, 0.3) is 5.89 Å². The minimum Gasteiger partial charge on any atom is -0.484 e. The van der Waals surface area contributed by atoms with Gasteiger partial charge in [0.2, 0.25) is 0 Å². The number of halogens is 2. The summed E-state index contributed by atoms with van der Waals surface area (Å²) < 4.78 is 12.9. The molecule has 0 radical (unpaired) electrons. The van der Waals surface area contributed by atoms with Crippen LogP contribution in [0.2, 0.25) is 10.0 Å². The van der Waals surface area contributed by atoms with Gasteiger partial charge in [-0.05, 0) is 36.4 Å². The third kappa shape index (κ3) is 4.72. The maximum atomic E-state index is 6.11. The molecule has 0 unspecified atom stereocenters. The van der Waals surface area contributed by atoms with Gasteiger partial charge in [-0.2, -0.15) is 4.98 Å². The molecule has 0 aliphatic carbocycles. The molecule has 0 saturated heterocycles. The second-order valence-electron chi connectivity index (χ2n) is 5.99. The van der Waals surface area contributed by atoms with E-state index in [0.717, 1.165) is 10.7 Å². The number of ether oxygens (including phenoxy) is 1. The van der Waals surface area contributed by atoms with Crippen LogP contribution in [0, 0.1) is 0 Å². The molecule has 0 fully saturated rings. The smallest absolute Gasteiger partial charge is 0.257 e. The third-order valence-corrected chi connectivity index (χ3v) is 5.59. The number of hydrogen-bond donors (Lipinski definition) is 0. The van der Waals surface area contributed by atoms with Crippen LogP contribution in [0.1, 0.15) is 11.6 Å². The van der Waals surface area contributed by atoms with E-state index in [1.165, 1.54) is 11.8 Å². The van der Waals surface area contributed by atoms with Gasteiger partial charge in [-0.3, -0.25) is 0 Å². The second-order valence-corrected chi connectivity index (χ2v) is 7.77. The van der Waals surface area contributed by atoms with Gasteiger partial charge in [-0.25, -0.2) is 0 Å². The van der Waals surface area contributed by atoms with E-state index < -0.39 is 0 Å². The lowest BCUT2D eigenvalue weighted by molar-refractivity contribution is 0.290. The Morgan fingerprint density at radius 1 is 1.07 bits per heavy atom. The molecule has 0 amide bonds. The average molecular weight is 448 g/mol. The maximum absolute atomic E-state index is 6.11. The van der Waals surface area contributed by atoms with E-state index in [-0.39, 0.29) is 6.61 Å². The molecule has 148 valence electrons. The summed E-state index contributed by atoms with van der Waals surface area (Å²) in [7, 11) is 1.88. The van der Waals surface area contributed by atoms with Crippen molar-refractivity contribution < 1.29 is 9.26 Å². The minimum atomic E-state index is 0.261. The Morgan fingerprint density at radius 2 is 1.86 bits per heavy atom. The Hall–Kier alpha value is -2.55. The Labute approximate surface area is 181 Å². The first-order chi connectivity index (χ1) is 14.1. The molecule has 0 N–H and O–H groups in total. The highest BCUT2D eigenvalue weighted by atomic mass is 35.5. The highest BCUT2D eigenvalue weighted by Gasteiger charge is 2.14. The van der Waals surface area contributed by atoms with E-state index in [0.29, 0.717) is 39.1 Å². The third-order valence-electron chi connectivity index (χ3n) is 4.01. The average Bonchev–Trinajstić information content (AvgIpc) is 3.33. The Morgan fingerprint density at radius 3 is 2.66 bits per heavy atom. The van der Waals surface area contributed by atoms with Gasteiger partial charge >= 0.3 is 0 Å². The highest BCUT2D eigenvalue weighted by molar-refractivity contribution is 7.98. The molecule has 0 saturated carbocycles. The van der Waals surface area contributed by atoms with Crippen LogP contribution < -0.4 is 4.74 Å². The molecule has 0 atom stereocenters. The van der Waals surface area contributed by atoms with Crippen molar-refractivity contribution in [3.05, 3.63) is 70.2 Å². The second kappa shape index (κ2) is 8.86. The van der Waals surface area contributed by atoms with Gasteiger partial charge < -0.3 is 13.8 Å². The van der Waals surface area contributed by atoms with E-state index in [9.17, 15) is 0 Å². The number of nitrogens with zero attached hydrogens (tertiary/aromatic N) is 5. The summed E-state index contributed by atoms with van der Waals surface area (Å²) in [6, 6.07) is 14.5. The normalized spacial score (nSPS) is 11.0. The maximum Gasteiger partial charge on any atom is 0.257 e. The number of benzene rings is 2. The number of thioether (sulfide) groups is 1. The van der Waals surface area contributed by atoms with Gasteiger partial charge in [0.15, 0.2) is 16.8 Å². The van der Waals surface area contributed by atoms with Gasteiger partial charge in [0.1, 0.15) is 12.4 Å². The number of rotatable bonds is 7. The molecule has 0 aliphatic heterocycles. The molecule has 4 aromatic rings. The zero-order chi connectivity index (χ0) is 20.2. The summed E-state index contributed by atoms with van der Waals surface area (Å²) in [4.78, 5) is 4.41. The van der Waals surface area contributed by atoms with E-state index in [2.05, 4.69) is 20.3 Å².